The molecule has 0 saturated heterocycles. The van der Waals surface area contributed by atoms with Crippen LogP contribution in [0.25, 0.3) is 0 Å². The van der Waals surface area contributed by atoms with Crippen LogP contribution in [0.5, 0.6) is 0 Å². The highest BCUT2D eigenvalue weighted by molar-refractivity contribution is 6.54. The highest BCUT2D eigenvalue weighted by Gasteiger charge is 2.40. The summed E-state index contributed by atoms with van der Waals surface area (Å²) in [5.74, 6) is -2.48. The second-order valence-electron chi connectivity index (χ2n) is 7.43. The van der Waals surface area contributed by atoms with E-state index in [2.05, 4.69) is 10.6 Å². The number of nitrogens with one attached hydrogen (secondary N) is 2. The van der Waals surface area contributed by atoms with Crippen LogP contribution in [-0.2, 0) is 15.8 Å². The van der Waals surface area contributed by atoms with Gasteiger partial charge in [0.05, 0.1) is 22.0 Å². The Kier molecular flexibility index (Phi) is 6.99. The Balaban J connectivity index is 1.57. The van der Waals surface area contributed by atoms with Crippen LogP contribution in [0.3, 0.4) is 0 Å². The van der Waals surface area contributed by atoms with Gasteiger partial charge in [-0.2, -0.15) is 13.2 Å². The van der Waals surface area contributed by atoms with Gasteiger partial charge in [-0.25, -0.2) is 4.90 Å². The molecule has 3 aromatic rings. The minimum atomic E-state index is -4.66. The molecule has 1 aliphatic heterocycles. The molecule has 184 valence electrons. The Morgan fingerprint density at radius 3 is 2.31 bits per heavy atom. The van der Waals surface area contributed by atoms with E-state index in [-0.39, 0.29) is 32.7 Å². The van der Waals surface area contributed by atoms with E-state index < -0.39 is 40.2 Å². The predicted octanol–water partition coefficient (Wildman–Crippen LogP) is 6.70. The molecule has 1 aliphatic rings. The summed E-state index contributed by atoms with van der Waals surface area (Å²) in [4.78, 5) is 39.1. The molecule has 0 spiro atoms. The van der Waals surface area contributed by atoms with E-state index in [4.69, 9.17) is 34.8 Å². The third-order valence-electron chi connectivity index (χ3n) is 5.05. The van der Waals surface area contributed by atoms with Gasteiger partial charge in [-0.1, -0.05) is 53.0 Å². The summed E-state index contributed by atoms with van der Waals surface area (Å²) in [6, 6.07) is 14.3. The maximum atomic E-state index is 13.2. The lowest BCUT2D eigenvalue weighted by molar-refractivity contribution is -0.137. The van der Waals surface area contributed by atoms with E-state index in [1.165, 1.54) is 54.6 Å². The number of para-hydroxylation sites is 1. The first kappa shape index (κ1) is 25.6. The fourth-order valence-electron chi connectivity index (χ4n) is 3.40. The summed E-state index contributed by atoms with van der Waals surface area (Å²) in [5, 5.41) is 4.83. The van der Waals surface area contributed by atoms with Gasteiger partial charge in [0.2, 0.25) is 0 Å². The highest BCUT2D eigenvalue weighted by atomic mass is 35.5. The Hall–Kier alpha value is -3.53. The van der Waals surface area contributed by atoms with Crippen molar-refractivity contribution in [3.63, 3.8) is 0 Å². The summed E-state index contributed by atoms with van der Waals surface area (Å²) in [6.45, 7) is 0. The Labute approximate surface area is 217 Å². The molecule has 0 radical (unpaired) electrons. The van der Waals surface area contributed by atoms with Crippen molar-refractivity contribution < 1.29 is 27.6 Å². The molecule has 0 unspecified atom stereocenters. The molecule has 0 aromatic heterocycles. The van der Waals surface area contributed by atoms with Crippen molar-refractivity contribution in [3.05, 3.63) is 98.6 Å². The molecule has 2 N–H and O–H groups in total. The maximum absolute atomic E-state index is 13.2. The van der Waals surface area contributed by atoms with Crippen molar-refractivity contribution in [1.82, 2.24) is 0 Å². The monoisotopic (exact) mass is 553 g/mol. The number of anilines is 3. The van der Waals surface area contributed by atoms with Crippen molar-refractivity contribution in [2.24, 2.45) is 0 Å². The van der Waals surface area contributed by atoms with Gasteiger partial charge in [0.1, 0.15) is 10.7 Å². The number of hydrogen-bond acceptors (Lipinski definition) is 4. The number of halogens is 6. The van der Waals surface area contributed by atoms with Crippen molar-refractivity contribution in [2.45, 2.75) is 6.18 Å². The molecule has 0 aliphatic carbocycles. The first-order valence-electron chi connectivity index (χ1n) is 10.1. The summed E-state index contributed by atoms with van der Waals surface area (Å²) < 4.78 is 39.7. The first-order chi connectivity index (χ1) is 17.0. The normalized spacial score (nSPS) is 13.9. The van der Waals surface area contributed by atoms with Gasteiger partial charge in [0.15, 0.2) is 0 Å². The third kappa shape index (κ3) is 5.04. The second-order valence-corrected chi connectivity index (χ2v) is 8.66. The van der Waals surface area contributed by atoms with Crippen molar-refractivity contribution >= 4 is 69.6 Å². The third-order valence-corrected chi connectivity index (χ3v) is 5.96. The van der Waals surface area contributed by atoms with Crippen LogP contribution in [-0.4, -0.2) is 17.7 Å². The van der Waals surface area contributed by atoms with Crippen molar-refractivity contribution in [1.29, 1.82) is 0 Å². The van der Waals surface area contributed by atoms with Crippen LogP contribution < -0.4 is 15.5 Å². The van der Waals surface area contributed by atoms with Crippen molar-refractivity contribution in [3.8, 4) is 0 Å². The zero-order chi connectivity index (χ0) is 26.2. The minimum Gasteiger partial charge on any atom is -0.350 e. The number of nitrogens with zero attached hydrogens (tertiary/aromatic N) is 1. The molecule has 0 fully saturated rings. The predicted molar refractivity (Wildman–Crippen MR) is 131 cm³/mol. The molecule has 3 aromatic carbocycles. The molecule has 3 amide bonds. The molecule has 1 heterocycles. The number of benzene rings is 3. The van der Waals surface area contributed by atoms with E-state index in [1.54, 1.807) is 0 Å². The fraction of sp³-hybridized carbons (Fsp3) is 0.0417. The fourth-order valence-corrected chi connectivity index (χ4v) is 3.98. The number of rotatable bonds is 5. The molecule has 4 rings (SSSR count). The average Bonchev–Trinajstić information content (AvgIpc) is 3.03. The van der Waals surface area contributed by atoms with Gasteiger partial charge < -0.3 is 10.6 Å². The standard InChI is InChI=1S/C24H13Cl3F3N3O3/c25-13-8-9-16(26)18(11-13)33-22(35)19(27)20(23(33)36)31-14-5-3-4-12(10-14)21(34)32-17-7-2-1-6-15(17)24(28,29)30/h1-11,31H,(H,32,34). The Morgan fingerprint density at radius 2 is 1.58 bits per heavy atom. The van der Waals surface area contributed by atoms with Gasteiger partial charge in [-0.3, -0.25) is 14.4 Å². The van der Waals surface area contributed by atoms with Gasteiger partial charge in [-0.05, 0) is 48.5 Å². The average molecular weight is 555 g/mol. The van der Waals surface area contributed by atoms with Crippen LogP contribution >= 0.6 is 34.8 Å². The van der Waals surface area contributed by atoms with Gasteiger partial charge in [0.25, 0.3) is 17.7 Å². The summed E-state index contributed by atoms with van der Waals surface area (Å²) >= 11 is 18.2. The zero-order valence-corrected chi connectivity index (χ0v) is 20.1. The second kappa shape index (κ2) is 9.85. The minimum absolute atomic E-state index is 0.0137. The number of alkyl halides is 3. The lowest BCUT2D eigenvalue weighted by Gasteiger charge is -2.17. The molecule has 12 heteroatoms. The van der Waals surface area contributed by atoms with Gasteiger partial charge in [0, 0.05) is 16.3 Å². The summed E-state index contributed by atoms with van der Waals surface area (Å²) in [7, 11) is 0. The molecule has 0 bridgehead atoms. The first-order valence-corrected chi connectivity index (χ1v) is 11.2. The number of imide groups is 1. The summed E-state index contributed by atoms with van der Waals surface area (Å²) in [6.07, 6.45) is -4.66. The summed E-state index contributed by atoms with van der Waals surface area (Å²) in [5.41, 5.74) is -1.49. The Morgan fingerprint density at radius 1 is 0.861 bits per heavy atom. The van der Waals surface area contributed by atoms with Crippen LogP contribution in [0.1, 0.15) is 15.9 Å². The smallest absolute Gasteiger partial charge is 0.350 e. The Bertz CT molecular complexity index is 1440. The van der Waals surface area contributed by atoms with Crippen LogP contribution in [0.2, 0.25) is 10.0 Å². The highest BCUT2D eigenvalue weighted by Crippen LogP contribution is 2.37. The quantitative estimate of drug-likeness (QED) is 0.344. The van der Waals surface area contributed by atoms with E-state index in [0.29, 0.717) is 0 Å². The number of carbonyl (C=O) groups is 3. The molecule has 0 saturated carbocycles. The molecular formula is C24H13Cl3F3N3O3. The zero-order valence-electron chi connectivity index (χ0n) is 17.8. The van der Waals surface area contributed by atoms with Crippen LogP contribution in [0.15, 0.2) is 77.5 Å². The van der Waals surface area contributed by atoms with E-state index in [9.17, 15) is 27.6 Å². The lowest BCUT2D eigenvalue weighted by atomic mass is 10.1. The van der Waals surface area contributed by atoms with E-state index >= 15 is 0 Å². The molecule has 36 heavy (non-hydrogen) atoms. The number of amides is 3. The largest absolute Gasteiger partial charge is 0.418 e. The van der Waals surface area contributed by atoms with Crippen LogP contribution in [0, 0.1) is 0 Å². The lowest BCUT2D eigenvalue weighted by Crippen LogP contribution is -2.32. The molecule has 0 atom stereocenters. The number of carbonyl (C=O) groups excluding carboxylic acids is 3. The van der Waals surface area contributed by atoms with Gasteiger partial charge in [-0.15, -0.1) is 0 Å². The maximum Gasteiger partial charge on any atom is 0.418 e. The van der Waals surface area contributed by atoms with E-state index in [1.807, 2.05) is 0 Å². The van der Waals surface area contributed by atoms with Gasteiger partial charge >= 0.3 is 6.18 Å². The SMILES string of the molecule is O=C(Nc1ccccc1C(F)(F)F)c1cccc(NC2=C(Cl)C(=O)N(c3cc(Cl)ccc3Cl)C2=O)c1. The van der Waals surface area contributed by atoms with Crippen molar-refractivity contribution in [2.75, 3.05) is 15.5 Å². The number of hydrogen-bond donors (Lipinski definition) is 2. The molecule has 6 nitrogen and oxygen atoms in total. The molecular weight excluding hydrogens is 542 g/mol. The van der Waals surface area contributed by atoms with Crippen LogP contribution in [0.4, 0.5) is 30.2 Å². The van der Waals surface area contributed by atoms with E-state index in [0.717, 1.165) is 17.0 Å². The topological polar surface area (TPSA) is 78.5 Å².